The van der Waals surface area contributed by atoms with E-state index in [-0.39, 0.29) is 11.1 Å². The summed E-state index contributed by atoms with van der Waals surface area (Å²) in [4.78, 5) is 11.7. The van der Waals surface area contributed by atoms with Crippen molar-refractivity contribution in [2.24, 2.45) is 0 Å². The van der Waals surface area contributed by atoms with Gasteiger partial charge in [0, 0.05) is 25.8 Å². The van der Waals surface area contributed by atoms with Gasteiger partial charge in [0.05, 0.1) is 0 Å². The van der Waals surface area contributed by atoms with Crippen LogP contribution in [-0.4, -0.2) is 26.2 Å². The number of rotatable bonds is 6. The van der Waals surface area contributed by atoms with Gasteiger partial charge in [0.2, 0.25) is 0 Å². The Balaban J connectivity index is 2.70. The number of halogens is 1. The van der Waals surface area contributed by atoms with Crippen molar-refractivity contribution in [2.75, 3.05) is 20.3 Å². The molecule has 0 fully saturated rings. The average Bonchev–Trinajstić information content (AvgIpc) is 2.42. The van der Waals surface area contributed by atoms with Gasteiger partial charge >= 0.3 is 0 Å². The molecular weight excluding hydrogens is 247 g/mol. The molecule has 0 bridgehead atoms. The SMILES string of the molecule is COCCCNC(=O)/C(C#N)=C/c1ccccc1F. The summed E-state index contributed by atoms with van der Waals surface area (Å²) in [5.74, 6) is -0.982. The maximum Gasteiger partial charge on any atom is 0.261 e. The highest BCUT2D eigenvalue weighted by Crippen LogP contribution is 2.11. The molecule has 1 rings (SSSR count). The normalized spacial score (nSPS) is 10.9. The van der Waals surface area contributed by atoms with E-state index in [9.17, 15) is 9.18 Å². The van der Waals surface area contributed by atoms with Crippen molar-refractivity contribution in [3.05, 3.63) is 41.2 Å². The molecule has 1 N–H and O–H groups in total. The molecule has 19 heavy (non-hydrogen) atoms. The van der Waals surface area contributed by atoms with Gasteiger partial charge in [-0.25, -0.2) is 4.39 Å². The second kappa shape index (κ2) is 8.01. The number of nitriles is 1. The quantitative estimate of drug-likeness (QED) is 0.484. The van der Waals surface area contributed by atoms with Gasteiger partial charge in [-0.15, -0.1) is 0 Å². The van der Waals surface area contributed by atoms with Crippen LogP contribution in [0.25, 0.3) is 6.08 Å². The molecule has 1 aromatic rings. The molecule has 0 atom stereocenters. The number of nitrogens with zero attached hydrogens (tertiary/aromatic N) is 1. The van der Waals surface area contributed by atoms with Gasteiger partial charge in [-0.2, -0.15) is 5.26 Å². The second-order valence-corrected chi connectivity index (χ2v) is 3.79. The number of carbonyl (C=O) groups is 1. The molecule has 5 heteroatoms. The van der Waals surface area contributed by atoms with Gasteiger partial charge in [0.25, 0.3) is 5.91 Å². The number of ether oxygens (including phenoxy) is 1. The molecule has 0 heterocycles. The molecule has 0 spiro atoms. The third-order valence-electron chi connectivity index (χ3n) is 2.38. The lowest BCUT2D eigenvalue weighted by Crippen LogP contribution is -2.26. The number of hydrogen-bond donors (Lipinski definition) is 1. The molecule has 0 radical (unpaired) electrons. The molecule has 0 aromatic heterocycles. The minimum Gasteiger partial charge on any atom is -0.385 e. The van der Waals surface area contributed by atoms with Crippen molar-refractivity contribution >= 4 is 12.0 Å². The molecule has 4 nitrogen and oxygen atoms in total. The van der Waals surface area contributed by atoms with Crippen molar-refractivity contribution in [2.45, 2.75) is 6.42 Å². The maximum absolute atomic E-state index is 13.4. The van der Waals surface area contributed by atoms with Crippen LogP contribution in [-0.2, 0) is 9.53 Å². The smallest absolute Gasteiger partial charge is 0.261 e. The lowest BCUT2D eigenvalue weighted by atomic mass is 10.1. The third-order valence-corrected chi connectivity index (χ3v) is 2.38. The highest BCUT2D eigenvalue weighted by atomic mass is 19.1. The van der Waals surface area contributed by atoms with E-state index in [1.165, 1.54) is 18.2 Å². The van der Waals surface area contributed by atoms with E-state index in [0.29, 0.717) is 19.6 Å². The first kappa shape index (κ1) is 14.9. The van der Waals surface area contributed by atoms with Crippen molar-refractivity contribution in [3.63, 3.8) is 0 Å². The Morgan fingerprint density at radius 1 is 1.53 bits per heavy atom. The van der Waals surface area contributed by atoms with Gasteiger partial charge in [-0.05, 0) is 18.6 Å². The number of benzene rings is 1. The summed E-state index contributed by atoms with van der Waals surface area (Å²) in [6.45, 7) is 0.933. The Morgan fingerprint density at radius 3 is 2.89 bits per heavy atom. The Hall–Kier alpha value is -2.19. The first-order valence-electron chi connectivity index (χ1n) is 5.82. The zero-order valence-corrected chi connectivity index (χ0v) is 10.6. The largest absolute Gasteiger partial charge is 0.385 e. The molecule has 0 aliphatic rings. The van der Waals surface area contributed by atoms with Gasteiger partial charge in [0.15, 0.2) is 0 Å². The van der Waals surface area contributed by atoms with E-state index < -0.39 is 11.7 Å². The maximum atomic E-state index is 13.4. The van der Waals surface area contributed by atoms with Crippen LogP contribution in [0.2, 0.25) is 0 Å². The summed E-state index contributed by atoms with van der Waals surface area (Å²) in [5.41, 5.74) is 0.0913. The lowest BCUT2D eigenvalue weighted by molar-refractivity contribution is -0.117. The fourth-order valence-corrected chi connectivity index (χ4v) is 1.41. The molecule has 0 aliphatic heterocycles. The van der Waals surface area contributed by atoms with E-state index >= 15 is 0 Å². The van der Waals surface area contributed by atoms with E-state index in [1.807, 2.05) is 0 Å². The zero-order chi connectivity index (χ0) is 14.1. The fraction of sp³-hybridized carbons (Fsp3) is 0.286. The van der Waals surface area contributed by atoms with Crippen LogP contribution in [0.1, 0.15) is 12.0 Å². The van der Waals surface area contributed by atoms with Crippen LogP contribution in [0.15, 0.2) is 29.8 Å². The summed E-state index contributed by atoms with van der Waals surface area (Å²) < 4.78 is 18.2. The summed E-state index contributed by atoms with van der Waals surface area (Å²) in [7, 11) is 1.57. The molecule has 1 aromatic carbocycles. The highest BCUT2D eigenvalue weighted by molar-refractivity contribution is 6.01. The van der Waals surface area contributed by atoms with E-state index in [4.69, 9.17) is 10.00 Å². The van der Waals surface area contributed by atoms with Crippen molar-refractivity contribution < 1.29 is 13.9 Å². The minimum absolute atomic E-state index is 0.123. The number of methoxy groups -OCH3 is 1. The zero-order valence-electron chi connectivity index (χ0n) is 10.6. The van der Waals surface area contributed by atoms with Crippen molar-refractivity contribution in [1.82, 2.24) is 5.32 Å². The van der Waals surface area contributed by atoms with E-state index in [1.54, 1.807) is 25.3 Å². The van der Waals surface area contributed by atoms with Crippen molar-refractivity contribution in [3.8, 4) is 6.07 Å². The van der Waals surface area contributed by atoms with Crippen LogP contribution < -0.4 is 5.32 Å². The Morgan fingerprint density at radius 2 is 2.26 bits per heavy atom. The molecule has 0 saturated carbocycles. The molecule has 0 aliphatic carbocycles. The topological polar surface area (TPSA) is 62.1 Å². The fourth-order valence-electron chi connectivity index (χ4n) is 1.41. The van der Waals surface area contributed by atoms with Crippen molar-refractivity contribution in [1.29, 1.82) is 5.26 Å². The number of carbonyl (C=O) groups excluding carboxylic acids is 1. The Labute approximate surface area is 111 Å². The standard InChI is InChI=1S/C14H15FN2O2/c1-19-8-4-7-17-14(18)12(10-16)9-11-5-2-3-6-13(11)15/h2-3,5-6,9H,4,7-8H2,1H3,(H,17,18)/b12-9+. The third kappa shape index (κ3) is 4.90. The van der Waals surface area contributed by atoms with Crippen LogP contribution in [0.4, 0.5) is 4.39 Å². The summed E-state index contributed by atoms with van der Waals surface area (Å²) >= 11 is 0. The summed E-state index contributed by atoms with van der Waals surface area (Å²) in [5, 5.41) is 11.5. The number of amides is 1. The summed E-state index contributed by atoms with van der Waals surface area (Å²) in [6, 6.07) is 7.73. The molecule has 100 valence electrons. The second-order valence-electron chi connectivity index (χ2n) is 3.79. The van der Waals surface area contributed by atoms with Gasteiger partial charge in [-0.3, -0.25) is 4.79 Å². The van der Waals surface area contributed by atoms with Crippen LogP contribution >= 0.6 is 0 Å². The molecule has 0 saturated heterocycles. The Kier molecular flexibility index (Phi) is 6.27. The summed E-state index contributed by atoms with van der Waals surface area (Å²) in [6.07, 6.45) is 1.89. The first-order chi connectivity index (χ1) is 9.19. The first-order valence-corrected chi connectivity index (χ1v) is 5.82. The van der Waals surface area contributed by atoms with Crippen LogP contribution in [0, 0.1) is 17.1 Å². The average molecular weight is 262 g/mol. The van der Waals surface area contributed by atoms with E-state index in [0.717, 1.165) is 0 Å². The lowest BCUT2D eigenvalue weighted by Gasteiger charge is -2.04. The monoisotopic (exact) mass is 262 g/mol. The minimum atomic E-state index is -0.512. The predicted octanol–water partition coefficient (Wildman–Crippen LogP) is 1.89. The predicted molar refractivity (Wildman–Crippen MR) is 69.5 cm³/mol. The Bertz CT molecular complexity index is 506. The van der Waals surface area contributed by atoms with Gasteiger partial charge < -0.3 is 10.1 Å². The number of hydrogen-bond acceptors (Lipinski definition) is 3. The van der Waals surface area contributed by atoms with Gasteiger partial charge in [0.1, 0.15) is 17.5 Å². The van der Waals surface area contributed by atoms with Gasteiger partial charge in [-0.1, -0.05) is 18.2 Å². The molecular formula is C14H15FN2O2. The van der Waals surface area contributed by atoms with Crippen LogP contribution in [0.5, 0.6) is 0 Å². The molecule has 1 amide bonds. The van der Waals surface area contributed by atoms with E-state index in [2.05, 4.69) is 5.32 Å². The highest BCUT2D eigenvalue weighted by Gasteiger charge is 2.09. The number of nitrogens with one attached hydrogen (secondary N) is 1. The molecule has 0 unspecified atom stereocenters. The van der Waals surface area contributed by atoms with Crippen LogP contribution in [0.3, 0.4) is 0 Å².